The number of rotatable bonds is 5. The Hall–Kier alpha value is -3.08. The zero-order valence-electron chi connectivity index (χ0n) is 16.2. The molecule has 0 saturated carbocycles. The maximum absolute atomic E-state index is 13.4. The SMILES string of the molecule is C[C@H](NC1=C(C(N)=O)CN(c2cn[nH]c(=O)c2Cl)CC1)c1ccc(F)cc1C(F)(F)F. The molecule has 31 heavy (non-hydrogen) atoms. The van der Waals surface area contributed by atoms with Gasteiger partial charge in [0.25, 0.3) is 5.56 Å². The third-order valence-electron chi connectivity index (χ3n) is 4.94. The van der Waals surface area contributed by atoms with E-state index in [1.807, 2.05) is 0 Å². The molecule has 0 saturated heterocycles. The highest BCUT2D eigenvalue weighted by atomic mass is 35.5. The van der Waals surface area contributed by atoms with Crippen LogP contribution in [0, 0.1) is 5.82 Å². The summed E-state index contributed by atoms with van der Waals surface area (Å²) >= 11 is 6.02. The molecule has 166 valence electrons. The Balaban J connectivity index is 1.91. The fraction of sp³-hybridized carbons (Fsp3) is 0.316. The van der Waals surface area contributed by atoms with Crippen LogP contribution in [-0.4, -0.2) is 29.2 Å². The van der Waals surface area contributed by atoms with Crippen molar-refractivity contribution < 1.29 is 22.4 Å². The second kappa shape index (κ2) is 8.58. The molecule has 0 spiro atoms. The molecule has 3 rings (SSSR count). The summed E-state index contributed by atoms with van der Waals surface area (Å²) in [5, 5.41) is 8.68. The fourth-order valence-corrected chi connectivity index (χ4v) is 3.65. The van der Waals surface area contributed by atoms with E-state index in [0.717, 1.165) is 12.1 Å². The van der Waals surface area contributed by atoms with Gasteiger partial charge in [0, 0.05) is 24.7 Å². The number of primary amides is 1. The Morgan fingerprint density at radius 1 is 1.39 bits per heavy atom. The van der Waals surface area contributed by atoms with Crippen molar-refractivity contribution in [3.8, 4) is 0 Å². The molecule has 1 aromatic carbocycles. The molecule has 0 unspecified atom stereocenters. The molecule has 1 atom stereocenters. The lowest BCUT2D eigenvalue weighted by molar-refractivity contribution is -0.138. The summed E-state index contributed by atoms with van der Waals surface area (Å²) < 4.78 is 53.4. The van der Waals surface area contributed by atoms with Crippen molar-refractivity contribution in [3.05, 3.63) is 68.0 Å². The molecule has 1 aromatic heterocycles. The number of anilines is 1. The maximum atomic E-state index is 13.4. The number of amides is 1. The van der Waals surface area contributed by atoms with Crippen LogP contribution in [0.25, 0.3) is 0 Å². The van der Waals surface area contributed by atoms with Crippen LogP contribution in [0.1, 0.15) is 30.5 Å². The van der Waals surface area contributed by atoms with Crippen molar-refractivity contribution in [2.75, 3.05) is 18.0 Å². The molecule has 0 bridgehead atoms. The Bertz CT molecular complexity index is 1100. The summed E-state index contributed by atoms with van der Waals surface area (Å²) in [6.07, 6.45) is -3.20. The number of carbonyl (C=O) groups is 1. The van der Waals surface area contributed by atoms with Gasteiger partial charge in [-0.15, -0.1) is 0 Å². The molecule has 0 radical (unpaired) electrons. The van der Waals surface area contributed by atoms with E-state index in [4.69, 9.17) is 17.3 Å². The number of hydrogen-bond donors (Lipinski definition) is 3. The van der Waals surface area contributed by atoms with Crippen LogP contribution in [0.4, 0.5) is 23.2 Å². The Morgan fingerprint density at radius 2 is 2.10 bits per heavy atom. The van der Waals surface area contributed by atoms with E-state index in [0.29, 0.717) is 24.0 Å². The Morgan fingerprint density at radius 3 is 2.74 bits per heavy atom. The average Bonchev–Trinajstić information content (AvgIpc) is 2.69. The zero-order chi connectivity index (χ0) is 22.9. The number of carbonyl (C=O) groups excluding carboxylic acids is 1. The molecule has 1 aliphatic rings. The van der Waals surface area contributed by atoms with E-state index in [9.17, 15) is 27.2 Å². The van der Waals surface area contributed by atoms with Crippen molar-refractivity contribution >= 4 is 23.2 Å². The van der Waals surface area contributed by atoms with E-state index in [2.05, 4.69) is 15.5 Å². The molecule has 1 aliphatic heterocycles. The van der Waals surface area contributed by atoms with Gasteiger partial charge in [-0.25, -0.2) is 9.49 Å². The van der Waals surface area contributed by atoms with Crippen LogP contribution >= 0.6 is 11.6 Å². The molecule has 7 nitrogen and oxygen atoms in total. The topological polar surface area (TPSA) is 104 Å². The number of aromatic nitrogens is 2. The minimum atomic E-state index is -4.75. The summed E-state index contributed by atoms with van der Waals surface area (Å²) in [4.78, 5) is 25.3. The van der Waals surface area contributed by atoms with Gasteiger partial charge < -0.3 is 16.0 Å². The van der Waals surface area contributed by atoms with Crippen LogP contribution in [0.15, 0.2) is 40.5 Å². The molecule has 0 fully saturated rings. The first-order valence-corrected chi connectivity index (χ1v) is 9.50. The van der Waals surface area contributed by atoms with Gasteiger partial charge >= 0.3 is 6.18 Å². The van der Waals surface area contributed by atoms with Gasteiger partial charge in [-0.2, -0.15) is 18.3 Å². The van der Waals surface area contributed by atoms with Crippen LogP contribution in [-0.2, 0) is 11.0 Å². The third-order valence-corrected chi connectivity index (χ3v) is 5.30. The highest BCUT2D eigenvalue weighted by Crippen LogP contribution is 2.36. The maximum Gasteiger partial charge on any atom is 0.416 e. The minimum Gasteiger partial charge on any atom is -0.381 e. The Labute approximate surface area is 178 Å². The molecule has 2 aromatic rings. The first kappa shape index (κ1) is 22.6. The molecular weight excluding hydrogens is 442 g/mol. The monoisotopic (exact) mass is 459 g/mol. The van der Waals surface area contributed by atoms with Crippen molar-refractivity contribution in [2.24, 2.45) is 5.73 Å². The van der Waals surface area contributed by atoms with Gasteiger partial charge in [-0.3, -0.25) is 9.59 Å². The molecule has 1 amide bonds. The fourth-order valence-electron chi connectivity index (χ4n) is 3.44. The number of alkyl halides is 3. The summed E-state index contributed by atoms with van der Waals surface area (Å²) in [6.45, 7) is 1.75. The largest absolute Gasteiger partial charge is 0.416 e. The van der Waals surface area contributed by atoms with E-state index in [1.165, 1.54) is 13.1 Å². The highest BCUT2D eigenvalue weighted by Gasteiger charge is 2.35. The van der Waals surface area contributed by atoms with Gasteiger partial charge in [-0.05, 0) is 24.6 Å². The van der Waals surface area contributed by atoms with Crippen molar-refractivity contribution in [1.29, 1.82) is 0 Å². The van der Waals surface area contributed by atoms with Crippen LogP contribution < -0.4 is 21.5 Å². The number of hydrogen-bond acceptors (Lipinski definition) is 5. The predicted octanol–water partition coefficient (Wildman–Crippen LogP) is 2.88. The number of aromatic amines is 1. The van der Waals surface area contributed by atoms with E-state index >= 15 is 0 Å². The van der Waals surface area contributed by atoms with Crippen molar-refractivity contribution in [3.63, 3.8) is 0 Å². The molecule has 0 aliphatic carbocycles. The van der Waals surface area contributed by atoms with Crippen LogP contribution in [0.3, 0.4) is 0 Å². The molecule has 12 heteroatoms. The number of nitrogens with zero attached hydrogens (tertiary/aromatic N) is 2. The lowest BCUT2D eigenvalue weighted by atomic mass is 9.98. The normalized spacial score (nSPS) is 15.7. The summed E-state index contributed by atoms with van der Waals surface area (Å²) in [6, 6.07) is 1.54. The minimum absolute atomic E-state index is 0.0230. The second-order valence-corrected chi connectivity index (χ2v) is 7.36. The van der Waals surface area contributed by atoms with Gasteiger partial charge in [0.2, 0.25) is 5.91 Å². The van der Waals surface area contributed by atoms with Crippen LogP contribution in [0.2, 0.25) is 5.02 Å². The lowest BCUT2D eigenvalue weighted by Crippen LogP contribution is -2.40. The van der Waals surface area contributed by atoms with E-state index in [1.54, 1.807) is 4.90 Å². The molecule has 4 N–H and O–H groups in total. The third kappa shape index (κ3) is 4.82. The summed E-state index contributed by atoms with van der Waals surface area (Å²) in [5.41, 5.74) is 4.41. The quantitative estimate of drug-likeness (QED) is 0.596. The lowest BCUT2D eigenvalue weighted by Gasteiger charge is -2.33. The Kier molecular flexibility index (Phi) is 6.25. The number of halogens is 5. The van der Waals surface area contributed by atoms with Crippen molar-refractivity contribution in [1.82, 2.24) is 15.5 Å². The van der Waals surface area contributed by atoms with E-state index < -0.39 is 35.1 Å². The molecule has 2 heterocycles. The summed E-state index contributed by atoms with van der Waals surface area (Å²) in [7, 11) is 0. The first-order valence-electron chi connectivity index (χ1n) is 9.12. The second-order valence-electron chi connectivity index (χ2n) is 6.99. The molecular formula is C19H18ClF4N5O2. The standard InChI is InChI=1S/C19H18ClF4N5O2/c1-9(11-3-2-10(21)6-13(11)19(22,23)24)27-14-4-5-29(8-12(14)17(25)30)15-7-26-28-18(31)16(15)20/h2-3,6-7,9,27H,4-5,8H2,1H3,(H2,25,30)(H,28,31)/t9-/m0/s1. The first-order chi connectivity index (χ1) is 14.5. The summed E-state index contributed by atoms with van der Waals surface area (Å²) in [5.74, 6) is -1.78. The van der Waals surface area contributed by atoms with Gasteiger partial charge in [0.05, 0.1) is 29.6 Å². The van der Waals surface area contributed by atoms with E-state index in [-0.39, 0.29) is 29.1 Å². The van der Waals surface area contributed by atoms with Gasteiger partial charge in [0.1, 0.15) is 10.8 Å². The van der Waals surface area contributed by atoms with Crippen molar-refractivity contribution in [2.45, 2.75) is 25.6 Å². The van der Waals surface area contributed by atoms with Gasteiger partial charge in [-0.1, -0.05) is 17.7 Å². The zero-order valence-corrected chi connectivity index (χ0v) is 16.9. The number of nitrogens with two attached hydrogens (primary N) is 1. The number of nitrogens with one attached hydrogen (secondary N) is 2. The predicted molar refractivity (Wildman–Crippen MR) is 106 cm³/mol. The van der Waals surface area contributed by atoms with Crippen LogP contribution in [0.5, 0.6) is 0 Å². The smallest absolute Gasteiger partial charge is 0.381 e. The number of benzene rings is 1. The highest BCUT2D eigenvalue weighted by molar-refractivity contribution is 6.33. The van der Waals surface area contributed by atoms with Gasteiger partial charge in [0.15, 0.2) is 0 Å². The number of H-pyrrole nitrogens is 1. The average molecular weight is 460 g/mol.